The monoisotopic (exact) mass is 457 g/mol. The van der Waals surface area contributed by atoms with Gasteiger partial charge in [0.05, 0.1) is 26.2 Å². The number of carbonyl (C=O) groups is 4. The lowest BCUT2D eigenvalue weighted by atomic mass is 10.2. The third kappa shape index (κ3) is 12.6. The van der Waals surface area contributed by atoms with Crippen LogP contribution in [0, 0.1) is 0 Å². The minimum Gasteiger partial charge on any atom is -0.480 e. The molecule has 0 heterocycles. The molecule has 0 aliphatic carbocycles. The molecule has 0 saturated carbocycles. The first kappa shape index (κ1) is 26.4. The Morgan fingerprint density at radius 3 is 1.26 bits per heavy atom. The van der Waals surface area contributed by atoms with Crippen molar-refractivity contribution in [2.45, 2.75) is 11.4 Å². The molecule has 0 aromatic heterocycles. The quantitative estimate of drug-likeness (QED) is 0.208. The van der Waals surface area contributed by atoms with E-state index in [2.05, 4.69) is 12.6 Å². The minimum absolute atomic E-state index is 0.154. The molecule has 12 heteroatoms. The number of carboxylic acids is 4. The van der Waals surface area contributed by atoms with E-state index in [1.807, 2.05) is 17.0 Å². The van der Waals surface area contributed by atoms with Crippen LogP contribution in [0.25, 0.3) is 0 Å². The summed E-state index contributed by atoms with van der Waals surface area (Å²) in [5, 5.41) is 36.0. The van der Waals surface area contributed by atoms with Crippen LogP contribution in [0.3, 0.4) is 0 Å². The second-order valence-electron chi connectivity index (χ2n) is 6.94. The summed E-state index contributed by atoms with van der Waals surface area (Å²) in [6.45, 7) is -0.388. The molecule has 0 spiro atoms. The van der Waals surface area contributed by atoms with E-state index in [4.69, 9.17) is 20.4 Å². The van der Waals surface area contributed by atoms with Crippen molar-refractivity contribution in [2.75, 3.05) is 52.4 Å². The summed E-state index contributed by atoms with van der Waals surface area (Å²) < 4.78 is 0. The number of hydrogen-bond acceptors (Lipinski definition) is 8. The Labute approximate surface area is 184 Å². The van der Waals surface area contributed by atoms with Crippen LogP contribution >= 0.6 is 12.6 Å². The van der Waals surface area contributed by atoms with Crippen LogP contribution in [0.1, 0.15) is 5.56 Å². The van der Waals surface area contributed by atoms with E-state index in [1.54, 1.807) is 12.1 Å². The fourth-order valence-corrected chi connectivity index (χ4v) is 3.04. The molecule has 1 aromatic rings. The summed E-state index contributed by atoms with van der Waals surface area (Å²) in [4.78, 5) is 49.2. The van der Waals surface area contributed by atoms with E-state index < -0.39 is 50.1 Å². The van der Waals surface area contributed by atoms with E-state index in [9.17, 15) is 19.2 Å². The Hall–Kier alpha value is -2.67. The average molecular weight is 458 g/mol. The van der Waals surface area contributed by atoms with Gasteiger partial charge < -0.3 is 20.4 Å². The van der Waals surface area contributed by atoms with Gasteiger partial charge in [-0.05, 0) is 17.7 Å². The molecule has 0 aliphatic heterocycles. The van der Waals surface area contributed by atoms with Crippen LogP contribution < -0.4 is 0 Å². The van der Waals surface area contributed by atoms with Gasteiger partial charge in [-0.3, -0.25) is 33.9 Å². The van der Waals surface area contributed by atoms with E-state index >= 15 is 0 Å². The summed E-state index contributed by atoms with van der Waals surface area (Å²) >= 11 is 4.24. The maximum Gasteiger partial charge on any atom is 0.317 e. The highest BCUT2D eigenvalue weighted by atomic mass is 32.1. The van der Waals surface area contributed by atoms with Crippen molar-refractivity contribution in [3.05, 3.63) is 29.8 Å². The van der Waals surface area contributed by atoms with Crippen molar-refractivity contribution in [3.63, 3.8) is 0 Å². The number of aliphatic carboxylic acids is 4. The summed E-state index contributed by atoms with van der Waals surface area (Å²) in [6, 6.07) is 7.32. The van der Waals surface area contributed by atoms with Crippen LogP contribution in [0.15, 0.2) is 29.2 Å². The molecule has 11 nitrogen and oxygen atoms in total. The average Bonchev–Trinajstić information content (AvgIpc) is 2.63. The highest BCUT2D eigenvalue weighted by Crippen LogP contribution is 2.10. The Balaban J connectivity index is 2.86. The largest absolute Gasteiger partial charge is 0.480 e. The van der Waals surface area contributed by atoms with Gasteiger partial charge in [-0.2, -0.15) is 0 Å². The normalized spacial score (nSPS) is 11.2. The van der Waals surface area contributed by atoms with Gasteiger partial charge >= 0.3 is 23.9 Å². The van der Waals surface area contributed by atoms with Gasteiger partial charge in [0, 0.05) is 37.6 Å². The lowest BCUT2D eigenvalue weighted by molar-refractivity contribution is -0.143. The molecule has 0 fully saturated rings. The lowest BCUT2D eigenvalue weighted by Gasteiger charge is -2.28. The first-order valence-electron chi connectivity index (χ1n) is 9.37. The van der Waals surface area contributed by atoms with Crippen LogP contribution in [0.4, 0.5) is 0 Å². The van der Waals surface area contributed by atoms with E-state index in [1.165, 1.54) is 9.80 Å². The number of benzene rings is 1. The molecule has 0 atom stereocenters. The molecule has 31 heavy (non-hydrogen) atoms. The molecular weight excluding hydrogens is 430 g/mol. The zero-order valence-electron chi connectivity index (χ0n) is 16.9. The number of nitrogens with zero attached hydrogens (tertiary/aromatic N) is 3. The molecule has 1 rings (SSSR count). The fourth-order valence-electron chi connectivity index (χ4n) is 2.89. The van der Waals surface area contributed by atoms with Gasteiger partial charge in [0.15, 0.2) is 0 Å². The van der Waals surface area contributed by atoms with Crippen molar-refractivity contribution in [1.29, 1.82) is 0 Å². The molecule has 172 valence electrons. The van der Waals surface area contributed by atoms with E-state index in [0.717, 1.165) is 10.5 Å². The summed E-state index contributed by atoms with van der Waals surface area (Å²) in [5.41, 5.74) is 0.920. The number of thiol groups is 1. The van der Waals surface area contributed by atoms with Gasteiger partial charge in [-0.25, -0.2) is 0 Å². The first-order chi connectivity index (χ1) is 14.5. The van der Waals surface area contributed by atoms with E-state index in [0.29, 0.717) is 19.6 Å². The zero-order chi connectivity index (χ0) is 23.4. The highest BCUT2D eigenvalue weighted by Gasteiger charge is 2.18. The lowest BCUT2D eigenvalue weighted by Crippen LogP contribution is -2.44. The smallest absolute Gasteiger partial charge is 0.317 e. The molecule has 0 bridgehead atoms. The number of carboxylic acid groups (broad SMARTS) is 4. The van der Waals surface area contributed by atoms with Crippen LogP contribution in [0.2, 0.25) is 0 Å². The third-order valence-electron chi connectivity index (χ3n) is 4.24. The summed E-state index contributed by atoms with van der Waals surface area (Å²) in [7, 11) is 0. The SMILES string of the molecule is O=C(O)CN(CCN(CCN(CC(=O)O)CC(=O)O)Cc1ccc(S)cc1)CC(=O)O. The summed E-state index contributed by atoms with van der Waals surface area (Å²) in [5.74, 6) is -4.59. The Kier molecular flexibility index (Phi) is 11.6. The molecule has 0 unspecified atom stereocenters. The van der Waals surface area contributed by atoms with Crippen LogP contribution in [-0.2, 0) is 25.7 Å². The van der Waals surface area contributed by atoms with Gasteiger partial charge in [0.2, 0.25) is 0 Å². The zero-order valence-corrected chi connectivity index (χ0v) is 17.8. The van der Waals surface area contributed by atoms with E-state index in [-0.39, 0.29) is 13.1 Å². The standard InChI is InChI=1S/C19H27N3O8S/c23-16(24)10-21(11-17(25)26)7-5-20(9-14-1-3-15(31)4-2-14)6-8-22(12-18(27)28)13-19(29)30/h1-4,31H,5-13H2,(H,23,24)(H,25,26)(H,27,28)(H,29,30). The van der Waals surface area contributed by atoms with Crippen LogP contribution in [-0.4, -0.2) is 111 Å². The second-order valence-corrected chi connectivity index (χ2v) is 7.46. The van der Waals surface area contributed by atoms with Crippen molar-refractivity contribution in [2.24, 2.45) is 0 Å². The molecule has 0 radical (unpaired) electrons. The van der Waals surface area contributed by atoms with Gasteiger partial charge in [0.25, 0.3) is 0 Å². The Bertz CT molecular complexity index is 687. The highest BCUT2D eigenvalue weighted by molar-refractivity contribution is 7.80. The topological polar surface area (TPSA) is 159 Å². The van der Waals surface area contributed by atoms with Gasteiger partial charge in [-0.15, -0.1) is 12.6 Å². The summed E-state index contributed by atoms with van der Waals surface area (Å²) in [6.07, 6.45) is 0. The molecular formula is C19H27N3O8S. The van der Waals surface area contributed by atoms with Gasteiger partial charge in [-0.1, -0.05) is 12.1 Å². The van der Waals surface area contributed by atoms with Crippen LogP contribution in [0.5, 0.6) is 0 Å². The fraction of sp³-hybridized carbons (Fsp3) is 0.474. The van der Waals surface area contributed by atoms with Crippen molar-refractivity contribution >= 4 is 36.5 Å². The number of rotatable bonds is 16. The minimum atomic E-state index is -1.15. The third-order valence-corrected chi connectivity index (χ3v) is 4.54. The Morgan fingerprint density at radius 1 is 0.613 bits per heavy atom. The van der Waals surface area contributed by atoms with Crippen molar-refractivity contribution < 1.29 is 39.6 Å². The molecule has 4 N–H and O–H groups in total. The first-order valence-corrected chi connectivity index (χ1v) is 9.82. The van der Waals surface area contributed by atoms with Crippen molar-refractivity contribution in [3.8, 4) is 0 Å². The molecule has 0 saturated heterocycles. The number of hydrogen-bond donors (Lipinski definition) is 5. The van der Waals surface area contributed by atoms with Crippen molar-refractivity contribution in [1.82, 2.24) is 14.7 Å². The molecule has 0 aliphatic rings. The molecule has 1 aromatic carbocycles. The second kappa shape index (κ2) is 13.6. The maximum atomic E-state index is 11.0. The molecule has 0 amide bonds. The predicted molar refractivity (Wildman–Crippen MR) is 112 cm³/mol. The predicted octanol–water partition coefficient (Wildman–Crippen LogP) is -0.280. The van der Waals surface area contributed by atoms with Gasteiger partial charge in [0.1, 0.15) is 0 Å². The maximum absolute atomic E-state index is 11.0. The Morgan fingerprint density at radius 2 is 0.935 bits per heavy atom.